The number of ether oxygens (including phenoxy) is 2. The Morgan fingerprint density at radius 1 is 0.978 bits per heavy atom. The Hall–Kier alpha value is -4.64. The summed E-state index contributed by atoms with van der Waals surface area (Å²) in [5, 5.41) is 11.6. The Labute approximate surface area is 265 Å². The van der Waals surface area contributed by atoms with Crippen molar-refractivity contribution in [1.29, 1.82) is 0 Å². The number of amides is 1. The Kier molecular flexibility index (Phi) is 7.48. The molecule has 2 aromatic carbocycles. The standard InChI is InChI=1S/C36H34FN5O4/c37-29-16-24(23-5-6-23)17-33-34(29)36(44)42(12-15-46-33)32-3-1-2-25(28(32)21-43)26-8-9-38-35-27(26)18-31(40-35)30-7-4-22(19-39-30)20-41-10-13-45-14-11-41/h1-4,7-9,16-19,23,43H,5-6,10-15,20-21H2,(H,38,40). The summed E-state index contributed by atoms with van der Waals surface area (Å²) in [5.41, 5.74) is 6.95. The number of anilines is 1. The highest BCUT2D eigenvalue weighted by Crippen LogP contribution is 2.43. The van der Waals surface area contributed by atoms with Crippen LogP contribution in [0.25, 0.3) is 33.5 Å². The Morgan fingerprint density at radius 3 is 2.63 bits per heavy atom. The maximum Gasteiger partial charge on any atom is 0.265 e. The quantitative estimate of drug-likeness (QED) is 0.242. The molecular weight excluding hydrogens is 585 g/mol. The zero-order valence-electron chi connectivity index (χ0n) is 25.3. The second kappa shape index (κ2) is 11.9. The number of H-pyrrole nitrogens is 1. The van der Waals surface area contributed by atoms with Crippen LogP contribution in [-0.2, 0) is 17.9 Å². The number of hydrogen-bond acceptors (Lipinski definition) is 7. The van der Waals surface area contributed by atoms with Gasteiger partial charge in [-0.2, -0.15) is 0 Å². The smallest absolute Gasteiger partial charge is 0.265 e. The van der Waals surface area contributed by atoms with E-state index < -0.39 is 11.7 Å². The van der Waals surface area contributed by atoms with Crippen molar-refractivity contribution in [3.05, 3.63) is 95.1 Å². The second-order valence-electron chi connectivity index (χ2n) is 12.2. The van der Waals surface area contributed by atoms with Crippen molar-refractivity contribution in [2.24, 2.45) is 0 Å². The molecule has 0 atom stereocenters. The zero-order chi connectivity index (χ0) is 31.2. The topological polar surface area (TPSA) is 104 Å². The minimum atomic E-state index is -0.573. The van der Waals surface area contributed by atoms with Gasteiger partial charge < -0.3 is 24.5 Å². The van der Waals surface area contributed by atoms with E-state index in [4.69, 9.17) is 14.5 Å². The van der Waals surface area contributed by atoms with Crippen molar-refractivity contribution in [2.45, 2.75) is 31.9 Å². The second-order valence-corrected chi connectivity index (χ2v) is 12.2. The summed E-state index contributed by atoms with van der Waals surface area (Å²) in [7, 11) is 0. The number of aromatic nitrogens is 3. The number of rotatable bonds is 7. The summed E-state index contributed by atoms with van der Waals surface area (Å²) in [6, 6.07) is 16.9. The van der Waals surface area contributed by atoms with E-state index in [1.54, 1.807) is 12.3 Å². The predicted octanol–water partition coefficient (Wildman–Crippen LogP) is 5.67. The van der Waals surface area contributed by atoms with Gasteiger partial charge in [-0.1, -0.05) is 18.2 Å². The first-order valence-electron chi connectivity index (χ1n) is 15.8. The molecule has 1 amide bonds. The molecule has 2 N–H and O–H groups in total. The molecule has 3 aliphatic rings. The van der Waals surface area contributed by atoms with Crippen LogP contribution < -0.4 is 9.64 Å². The number of nitrogens with zero attached hydrogens (tertiary/aromatic N) is 4. The number of morpholine rings is 1. The summed E-state index contributed by atoms with van der Waals surface area (Å²) >= 11 is 0. The molecule has 0 radical (unpaired) electrons. The van der Waals surface area contributed by atoms with E-state index >= 15 is 4.39 Å². The van der Waals surface area contributed by atoms with E-state index in [1.165, 1.54) is 11.0 Å². The predicted molar refractivity (Wildman–Crippen MR) is 172 cm³/mol. The molecule has 5 heterocycles. The fraction of sp³-hybridized carbons (Fsp3) is 0.306. The molecular formula is C36H34FN5O4. The lowest BCUT2D eigenvalue weighted by Gasteiger charge is -2.26. The van der Waals surface area contributed by atoms with Gasteiger partial charge >= 0.3 is 0 Å². The summed E-state index contributed by atoms with van der Waals surface area (Å²) in [5.74, 6) is -0.436. The van der Waals surface area contributed by atoms with E-state index in [9.17, 15) is 9.90 Å². The number of carbonyl (C=O) groups is 1. The fourth-order valence-corrected chi connectivity index (χ4v) is 6.63. The number of hydrogen-bond donors (Lipinski definition) is 2. The summed E-state index contributed by atoms with van der Waals surface area (Å²) < 4.78 is 26.8. The minimum absolute atomic E-state index is 0.0683. The van der Waals surface area contributed by atoms with Crippen LogP contribution in [0.15, 0.2) is 67.0 Å². The number of pyridine rings is 2. The highest BCUT2D eigenvalue weighted by atomic mass is 19.1. The molecule has 0 bridgehead atoms. The van der Waals surface area contributed by atoms with Crippen molar-refractivity contribution < 1.29 is 23.8 Å². The highest BCUT2D eigenvalue weighted by molar-refractivity contribution is 6.09. The van der Waals surface area contributed by atoms with Crippen LogP contribution in [0.3, 0.4) is 0 Å². The van der Waals surface area contributed by atoms with E-state index in [0.29, 0.717) is 22.8 Å². The van der Waals surface area contributed by atoms with Crippen LogP contribution in [0.5, 0.6) is 5.75 Å². The van der Waals surface area contributed by atoms with Gasteiger partial charge in [0.2, 0.25) is 0 Å². The molecule has 2 aliphatic heterocycles. The van der Waals surface area contributed by atoms with Crippen LogP contribution in [0.1, 0.15) is 45.8 Å². The average Bonchev–Trinajstić information content (AvgIpc) is 3.87. The van der Waals surface area contributed by atoms with Crippen molar-refractivity contribution in [3.8, 4) is 28.3 Å². The monoisotopic (exact) mass is 619 g/mol. The van der Waals surface area contributed by atoms with E-state index in [0.717, 1.165) is 84.7 Å². The van der Waals surface area contributed by atoms with Crippen molar-refractivity contribution >= 4 is 22.6 Å². The largest absolute Gasteiger partial charge is 0.491 e. The third-order valence-electron chi connectivity index (χ3n) is 9.19. The minimum Gasteiger partial charge on any atom is -0.491 e. The maximum absolute atomic E-state index is 15.4. The molecule has 1 saturated carbocycles. The van der Waals surface area contributed by atoms with Crippen molar-refractivity contribution in [3.63, 3.8) is 0 Å². The van der Waals surface area contributed by atoms with Gasteiger partial charge in [-0.3, -0.25) is 14.7 Å². The van der Waals surface area contributed by atoms with E-state index in [1.807, 2.05) is 42.6 Å². The Morgan fingerprint density at radius 2 is 1.85 bits per heavy atom. The normalized spacial score (nSPS) is 17.2. The fourth-order valence-electron chi connectivity index (χ4n) is 6.63. The molecule has 9 nitrogen and oxygen atoms in total. The molecule has 3 aromatic heterocycles. The van der Waals surface area contributed by atoms with Gasteiger partial charge in [0.05, 0.1) is 43.4 Å². The number of benzene rings is 2. The third kappa shape index (κ3) is 5.32. The number of nitrogens with one attached hydrogen (secondary N) is 1. The number of aromatic amines is 1. The van der Waals surface area contributed by atoms with Gasteiger partial charge in [0, 0.05) is 43.0 Å². The van der Waals surface area contributed by atoms with Gasteiger partial charge in [-0.25, -0.2) is 9.37 Å². The van der Waals surface area contributed by atoms with Gasteiger partial charge in [0.15, 0.2) is 0 Å². The van der Waals surface area contributed by atoms with Gasteiger partial charge in [0.25, 0.3) is 5.91 Å². The molecule has 0 spiro atoms. The van der Waals surface area contributed by atoms with Crippen LogP contribution >= 0.6 is 0 Å². The first kappa shape index (κ1) is 28.8. The average molecular weight is 620 g/mol. The number of fused-ring (bicyclic) bond motifs is 2. The Bertz CT molecular complexity index is 1930. The van der Waals surface area contributed by atoms with E-state index in [2.05, 4.69) is 20.9 Å². The van der Waals surface area contributed by atoms with Gasteiger partial charge in [0.1, 0.15) is 29.4 Å². The number of halogens is 1. The molecule has 10 heteroatoms. The molecule has 2 fully saturated rings. The zero-order valence-corrected chi connectivity index (χ0v) is 25.3. The molecule has 1 saturated heterocycles. The van der Waals surface area contributed by atoms with Crippen LogP contribution in [-0.4, -0.2) is 70.3 Å². The van der Waals surface area contributed by atoms with Gasteiger partial charge in [-0.15, -0.1) is 0 Å². The molecule has 8 rings (SSSR count). The number of aliphatic hydroxyl groups is 1. The lowest BCUT2D eigenvalue weighted by Crippen LogP contribution is -2.35. The summed E-state index contributed by atoms with van der Waals surface area (Å²) in [6.07, 6.45) is 5.67. The van der Waals surface area contributed by atoms with Crippen molar-refractivity contribution in [1.82, 2.24) is 19.9 Å². The first-order valence-corrected chi connectivity index (χ1v) is 15.8. The molecule has 0 unspecified atom stereocenters. The molecule has 1 aliphatic carbocycles. The Balaban J connectivity index is 1.12. The summed E-state index contributed by atoms with van der Waals surface area (Å²) in [4.78, 5) is 30.5. The SMILES string of the molecule is O=C1c2c(F)cc(C3CC3)cc2OCCN1c1cccc(-c2ccnc3[nH]c(-c4ccc(CN5CCOCC5)cn4)cc23)c1CO. The van der Waals surface area contributed by atoms with Gasteiger partial charge in [-0.05, 0) is 77.4 Å². The van der Waals surface area contributed by atoms with Crippen LogP contribution in [0.4, 0.5) is 10.1 Å². The molecule has 46 heavy (non-hydrogen) atoms. The first-order chi connectivity index (χ1) is 22.6. The number of carbonyl (C=O) groups excluding carboxylic acids is 1. The number of aliphatic hydroxyl groups excluding tert-OH is 1. The molecule has 234 valence electrons. The lowest BCUT2D eigenvalue weighted by molar-refractivity contribution is 0.0341. The van der Waals surface area contributed by atoms with Crippen molar-refractivity contribution in [2.75, 3.05) is 44.4 Å². The van der Waals surface area contributed by atoms with Crippen LogP contribution in [0, 0.1) is 5.82 Å². The maximum atomic E-state index is 15.4. The third-order valence-corrected chi connectivity index (χ3v) is 9.19. The highest BCUT2D eigenvalue weighted by Gasteiger charge is 2.33. The molecule has 5 aromatic rings. The van der Waals surface area contributed by atoms with E-state index in [-0.39, 0.29) is 31.1 Å². The summed E-state index contributed by atoms with van der Waals surface area (Å²) in [6.45, 7) is 4.29. The lowest BCUT2D eigenvalue weighted by atomic mass is 9.96. The van der Waals surface area contributed by atoms with Crippen LogP contribution in [0.2, 0.25) is 0 Å².